The van der Waals surface area contributed by atoms with Crippen molar-refractivity contribution in [2.45, 2.75) is 38.5 Å². The van der Waals surface area contributed by atoms with Crippen LogP contribution in [0.4, 0.5) is 0 Å². The van der Waals surface area contributed by atoms with E-state index in [4.69, 9.17) is 6.42 Å². The number of carbonyl (C=O) groups excluding carboxylic acids is 1. The van der Waals surface area contributed by atoms with Gasteiger partial charge in [-0.1, -0.05) is 0 Å². The molecule has 0 aliphatic carbocycles. The Morgan fingerprint density at radius 1 is 1.41 bits per heavy atom. The fourth-order valence-corrected chi connectivity index (χ4v) is 3.14. The van der Waals surface area contributed by atoms with E-state index in [1.807, 2.05) is 4.90 Å². The Balaban J connectivity index is 1.92. The molecule has 0 bridgehead atoms. The molecule has 0 aromatic heterocycles. The summed E-state index contributed by atoms with van der Waals surface area (Å²) < 4.78 is 0. The van der Waals surface area contributed by atoms with E-state index >= 15 is 0 Å². The molecule has 2 fully saturated rings. The summed E-state index contributed by atoms with van der Waals surface area (Å²) in [6.07, 6.45) is 11.2. The summed E-state index contributed by atoms with van der Waals surface area (Å²) in [7, 11) is 0. The fourth-order valence-electron chi connectivity index (χ4n) is 3.14. The quantitative estimate of drug-likeness (QED) is 0.732. The highest BCUT2D eigenvalue weighted by atomic mass is 16.2. The van der Waals surface area contributed by atoms with E-state index in [-0.39, 0.29) is 5.91 Å². The summed E-state index contributed by atoms with van der Waals surface area (Å²) in [5.41, 5.74) is 0.350. The minimum Gasteiger partial charge on any atom is -0.342 e. The number of hydrogen-bond donors (Lipinski definition) is 1. The van der Waals surface area contributed by atoms with Gasteiger partial charge in [0.15, 0.2) is 0 Å². The average molecular weight is 234 g/mol. The molecule has 2 aliphatic rings. The molecule has 2 rings (SSSR count). The molecule has 0 radical (unpaired) electrons. The van der Waals surface area contributed by atoms with Crippen LogP contribution in [0.1, 0.15) is 38.5 Å². The maximum Gasteiger partial charge on any atom is 0.223 e. The van der Waals surface area contributed by atoms with Gasteiger partial charge in [0.2, 0.25) is 5.91 Å². The average Bonchev–Trinajstić information content (AvgIpc) is 2.37. The first-order chi connectivity index (χ1) is 8.26. The van der Waals surface area contributed by atoms with E-state index < -0.39 is 0 Å². The first-order valence-electron chi connectivity index (χ1n) is 6.68. The summed E-state index contributed by atoms with van der Waals surface area (Å²) in [4.78, 5) is 14.0. The lowest BCUT2D eigenvalue weighted by Gasteiger charge is -2.45. The van der Waals surface area contributed by atoms with Gasteiger partial charge in [-0.3, -0.25) is 4.79 Å². The summed E-state index contributed by atoms with van der Waals surface area (Å²) >= 11 is 0. The van der Waals surface area contributed by atoms with Crippen molar-refractivity contribution in [2.75, 3.05) is 26.2 Å². The van der Waals surface area contributed by atoms with Crippen LogP contribution in [0.3, 0.4) is 0 Å². The Labute approximate surface area is 104 Å². The van der Waals surface area contributed by atoms with Crippen molar-refractivity contribution < 1.29 is 4.79 Å². The van der Waals surface area contributed by atoms with Crippen LogP contribution in [0.25, 0.3) is 0 Å². The molecule has 0 saturated carbocycles. The molecule has 2 heterocycles. The van der Waals surface area contributed by atoms with E-state index in [1.54, 1.807) is 0 Å². The van der Waals surface area contributed by atoms with Crippen LogP contribution in [0.15, 0.2) is 0 Å². The molecular weight excluding hydrogens is 212 g/mol. The molecule has 3 nitrogen and oxygen atoms in total. The summed E-state index contributed by atoms with van der Waals surface area (Å²) in [6.45, 7) is 4.06. The van der Waals surface area contributed by atoms with Gasteiger partial charge >= 0.3 is 0 Å². The van der Waals surface area contributed by atoms with Gasteiger partial charge in [0.1, 0.15) is 0 Å². The third-order valence-electron chi connectivity index (χ3n) is 4.06. The monoisotopic (exact) mass is 234 g/mol. The van der Waals surface area contributed by atoms with Crippen LogP contribution in [-0.4, -0.2) is 37.0 Å². The van der Waals surface area contributed by atoms with E-state index in [1.165, 1.54) is 19.3 Å². The van der Waals surface area contributed by atoms with E-state index in [0.29, 0.717) is 18.3 Å². The van der Waals surface area contributed by atoms with E-state index in [9.17, 15) is 4.79 Å². The lowest BCUT2D eigenvalue weighted by molar-refractivity contribution is -0.135. The molecule has 0 aromatic carbocycles. The summed E-state index contributed by atoms with van der Waals surface area (Å²) in [5.74, 6) is 2.79. The van der Waals surface area contributed by atoms with Crippen LogP contribution in [0.5, 0.6) is 0 Å². The Morgan fingerprint density at radius 2 is 2.24 bits per heavy atom. The molecule has 1 atom stereocenters. The first kappa shape index (κ1) is 12.4. The normalized spacial score (nSPS) is 29.0. The van der Waals surface area contributed by atoms with Gasteiger partial charge in [0, 0.05) is 37.9 Å². The third-order valence-corrected chi connectivity index (χ3v) is 4.06. The number of nitrogens with one attached hydrogen (secondary N) is 1. The maximum atomic E-state index is 12.0. The molecule has 1 spiro atoms. The molecule has 2 saturated heterocycles. The second kappa shape index (κ2) is 5.55. The van der Waals surface area contributed by atoms with Gasteiger partial charge < -0.3 is 10.2 Å². The van der Waals surface area contributed by atoms with Crippen molar-refractivity contribution in [1.82, 2.24) is 10.2 Å². The highest BCUT2D eigenvalue weighted by Crippen LogP contribution is 2.36. The molecule has 94 valence electrons. The zero-order chi connectivity index (χ0) is 12.1. The smallest absolute Gasteiger partial charge is 0.223 e. The molecule has 1 N–H and O–H groups in total. The number of likely N-dealkylation sites (tertiary alicyclic amines) is 1. The Morgan fingerprint density at radius 3 is 2.94 bits per heavy atom. The first-order valence-corrected chi connectivity index (χ1v) is 6.68. The summed E-state index contributed by atoms with van der Waals surface area (Å²) in [5, 5.41) is 3.48. The van der Waals surface area contributed by atoms with E-state index in [2.05, 4.69) is 11.2 Å². The van der Waals surface area contributed by atoms with Gasteiger partial charge in [-0.05, 0) is 32.2 Å². The number of hydrogen-bond acceptors (Lipinski definition) is 2. The van der Waals surface area contributed by atoms with Crippen LogP contribution >= 0.6 is 0 Å². The number of terminal acetylenes is 1. The van der Waals surface area contributed by atoms with Crippen molar-refractivity contribution in [3.8, 4) is 12.3 Å². The van der Waals surface area contributed by atoms with E-state index in [0.717, 1.165) is 32.6 Å². The predicted octanol–water partition coefficient (Wildman–Crippen LogP) is 1.39. The predicted molar refractivity (Wildman–Crippen MR) is 68.4 cm³/mol. The highest BCUT2D eigenvalue weighted by molar-refractivity contribution is 5.76. The fraction of sp³-hybridized carbons (Fsp3) is 0.786. The summed E-state index contributed by atoms with van der Waals surface area (Å²) in [6, 6.07) is 0. The second-order valence-corrected chi connectivity index (χ2v) is 5.40. The highest BCUT2D eigenvalue weighted by Gasteiger charge is 2.37. The zero-order valence-electron chi connectivity index (χ0n) is 10.5. The van der Waals surface area contributed by atoms with Crippen LogP contribution in [0.2, 0.25) is 0 Å². The number of piperidine rings is 2. The number of amides is 1. The molecule has 1 unspecified atom stereocenters. The lowest BCUT2D eigenvalue weighted by atomic mass is 9.74. The second-order valence-electron chi connectivity index (χ2n) is 5.40. The van der Waals surface area contributed by atoms with Crippen molar-refractivity contribution in [3.63, 3.8) is 0 Å². The van der Waals surface area contributed by atoms with Gasteiger partial charge in [-0.2, -0.15) is 0 Å². The van der Waals surface area contributed by atoms with Crippen LogP contribution < -0.4 is 5.32 Å². The van der Waals surface area contributed by atoms with Gasteiger partial charge in [0.05, 0.1) is 0 Å². The topological polar surface area (TPSA) is 32.3 Å². The van der Waals surface area contributed by atoms with Gasteiger partial charge in [-0.15, -0.1) is 12.3 Å². The van der Waals surface area contributed by atoms with Crippen LogP contribution in [-0.2, 0) is 4.79 Å². The molecule has 0 aromatic rings. The van der Waals surface area contributed by atoms with Gasteiger partial charge in [-0.25, -0.2) is 0 Å². The largest absolute Gasteiger partial charge is 0.342 e. The number of carbonyl (C=O) groups is 1. The van der Waals surface area contributed by atoms with Crippen molar-refractivity contribution >= 4 is 5.91 Å². The Hall–Kier alpha value is -1.01. The molecule has 2 aliphatic heterocycles. The van der Waals surface area contributed by atoms with Gasteiger partial charge in [0.25, 0.3) is 0 Å². The maximum absolute atomic E-state index is 12.0. The molecule has 3 heteroatoms. The lowest BCUT2D eigenvalue weighted by Crippen LogP contribution is -2.52. The minimum atomic E-state index is 0.243. The SMILES string of the molecule is C#CCCC(=O)N1CCCC2(CCCNC2)C1. The van der Waals surface area contributed by atoms with Crippen molar-refractivity contribution in [3.05, 3.63) is 0 Å². The third kappa shape index (κ3) is 3.01. The van der Waals surface area contributed by atoms with Crippen LogP contribution in [0, 0.1) is 17.8 Å². The number of nitrogens with zero attached hydrogens (tertiary/aromatic N) is 1. The Bertz CT molecular complexity index is 307. The van der Waals surface area contributed by atoms with Crippen molar-refractivity contribution in [2.24, 2.45) is 5.41 Å². The number of rotatable bonds is 2. The zero-order valence-corrected chi connectivity index (χ0v) is 10.5. The molecule has 1 amide bonds. The standard InChI is InChI=1S/C14H22N2O/c1-2-3-6-13(17)16-10-5-8-14(12-16)7-4-9-15-11-14/h1,15H,3-12H2. The minimum absolute atomic E-state index is 0.243. The molecule has 17 heavy (non-hydrogen) atoms. The Kier molecular flexibility index (Phi) is 4.06. The van der Waals surface area contributed by atoms with Crippen molar-refractivity contribution in [1.29, 1.82) is 0 Å². The molecular formula is C14H22N2O.